The number of hydrogen-bond acceptors (Lipinski definition) is 2. The largest absolute Gasteiger partial charge is 0.453 e. The monoisotopic (exact) mass is 345 g/mol. The molecule has 0 aliphatic rings. The van der Waals surface area contributed by atoms with E-state index in [1.165, 1.54) is 6.07 Å². The van der Waals surface area contributed by atoms with Crippen molar-refractivity contribution in [2.75, 3.05) is 0 Å². The molecular weight excluding hydrogens is 333 g/mol. The van der Waals surface area contributed by atoms with Gasteiger partial charge in [-0.2, -0.15) is 0 Å². The molecule has 0 amide bonds. The maximum Gasteiger partial charge on any atom is 0.166 e. The molecule has 0 aliphatic carbocycles. The lowest BCUT2D eigenvalue weighted by atomic mass is 10.1. The van der Waals surface area contributed by atoms with E-state index in [4.69, 9.17) is 10.5 Å². The Kier molecular flexibility index (Phi) is 3.90. The third-order valence-electron chi connectivity index (χ3n) is 3.28. The minimum atomic E-state index is -0.419. The Morgan fingerprint density at radius 2 is 1.76 bits per heavy atom. The summed E-state index contributed by atoms with van der Waals surface area (Å²) in [6.07, 6.45) is 0. The molecular formula is C17H13BrFNO. The highest BCUT2D eigenvalue weighted by molar-refractivity contribution is 9.10. The predicted octanol–water partition coefficient (Wildman–Crippen LogP) is 4.99. The van der Waals surface area contributed by atoms with Gasteiger partial charge in [-0.05, 0) is 50.5 Å². The summed E-state index contributed by atoms with van der Waals surface area (Å²) < 4.78 is 20.5. The summed E-state index contributed by atoms with van der Waals surface area (Å²) in [6, 6.07) is 16.4. The van der Waals surface area contributed by atoms with E-state index in [9.17, 15) is 4.39 Å². The molecule has 2 nitrogen and oxygen atoms in total. The summed E-state index contributed by atoms with van der Waals surface area (Å²) in [5, 5.41) is 2.12. The van der Waals surface area contributed by atoms with Crippen molar-refractivity contribution in [3.63, 3.8) is 0 Å². The lowest BCUT2D eigenvalue weighted by Crippen LogP contribution is -1.98. The average Bonchev–Trinajstić information content (AvgIpc) is 2.52. The van der Waals surface area contributed by atoms with Crippen LogP contribution in [0.4, 0.5) is 4.39 Å². The van der Waals surface area contributed by atoms with Gasteiger partial charge in [0, 0.05) is 6.54 Å². The molecule has 0 spiro atoms. The van der Waals surface area contributed by atoms with Crippen LogP contribution in [0, 0.1) is 5.82 Å². The van der Waals surface area contributed by atoms with Gasteiger partial charge in [0.15, 0.2) is 11.6 Å². The molecule has 21 heavy (non-hydrogen) atoms. The fourth-order valence-electron chi connectivity index (χ4n) is 2.16. The number of ether oxygens (including phenoxy) is 1. The number of fused-ring (bicyclic) bond motifs is 1. The molecule has 106 valence electrons. The molecule has 0 fully saturated rings. The van der Waals surface area contributed by atoms with Crippen molar-refractivity contribution in [3.05, 3.63) is 70.5 Å². The van der Waals surface area contributed by atoms with Gasteiger partial charge in [0.1, 0.15) is 5.75 Å². The Morgan fingerprint density at radius 1 is 1.00 bits per heavy atom. The summed E-state index contributed by atoms with van der Waals surface area (Å²) in [7, 11) is 0. The van der Waals surface area contributed by atoms with E-state index >= 15 is 0 Å². The van der Waals surface area contributed by atoms with Gasteiger partial charge in [0.25, 0.3) is 0 Å². The van der Waals surface area contributed by atoms with Crippen LogP contribution in [0.2, 0.25) is 0 Å². The van der Waals surface area contributed by atoms with Crippen LogP contribution < -0.4 is 10.5 Å². The smallest absolute Gasteiger partial charge is 0.166 e. The van der Waals surface area contributed by atoms with Gasteiger partial charge >= 0.3 is 0 Å². The second kappa shape index (κ2) is 5.84. The van der Waals surface area contributed by atoms with Crippen molar-refractivity contribution in [1.82, 2.24) is 0 Å². The second-order valence-corrected chi connectivity index (χ2v) is 5.46. The maximum absolute atomic E-state index is 14.0. The predicted molar refractivity (Wildman–Crippen MR) is 86.0 cm³/mol. The first-order valence-corrected chi connectivity index (χ1v) is 7.32. The highest BCUT2D eigenvalue weighted by Gasteiger charge is 2.10. The van der Waals surface area contributed by atoms with E-state index in [2.05, 4.69) is 15.9 Å². The zero-order valence-electron chi connectivity index (χ0n) is 11.1. The van der Waals surface area contributed by atoms with Crippen molar-refractivity contribution in [2.24, 2.45) is 5.73 Å². The van der Waals surface area contributed by atoms with Crippen molar-refractivity contribution < 1.29 is 9.13 Å². The van der Waals surface area contributed by atoms with E-state index in [0.717, 1.165) is 20.8 Å². The highest BCUT2D eigenvalue weighted by Crippen LogP contribution is 2.36. The van der Waals surface area contributed by atoms with Gasteiger partial charge in [-0.15, -0.1) is 0 Å². The van der Waals surface area contributed by atoms with Crippen molar-refractivity contribution >= 4 is 26.7 Å². The van der Waals surface area contributed by atoms with Crippen LogP contribution in [-0.4, -0.2) is 0 Å². The number of benzene rings is 3. The molecule has 3 rings (SSSR count). The minimum Gasteiger partial charge on any atom is -0.453 e. The van der Waals surface area contributed by atoms with Gasteiger partial charge in [0.05, 0.1) is 4.47 Å². The Bertz CT molecular complexity index is 804. The zero-order valence-corrected chi connectivity index (χ0v) is 12.7. The molecule has 0 radical (unpaired) electrons. The van der Waals surface area contributed by atoms with E-state index in [1.54, 1.807) is 12.1 Å². The fraction of sp³-hybridized carbons (Fsp3) is 0.0588. The topological polar surface area (TPSA) is 35.2 Å². The first kappa shape index (κ1) is 14.0. The Morgan fingerprint density at radius 3 is 2.52 bits per heavy atom. The zero-order chi connectivity index (χ0) is 14.8. The maximum atomic E-state index is 14.0. The second-order valence-electron chi connectivity index (χ2n) is 4.67. The van der Waals surface area contributed by atoms with Crippen LogP contribution in [-0.2, 0) is 6.54 Å². The normalized spacial score (nSPS) is 10.8. The van der Waals surface area contributed by atoms with Crippen LogP contribution in [0.1, 0.15) is 5.56 Å². The summed E-state index contributed by atoms with van der Waals surface area (Å²) in [5.41, 5.74) is 6.23. The molecule has 0 aromatic heterocycles. The van der Waals surface area contributed by atoms with E-state index in [1.807, 2.05) is 36.4 Å². The van der Waals surface area contributed by atoms with Crippen LogP contribution in [0.3, 0.4) is 0 Å². The van der Waals surface area contributed by atoms with Gasteiger partial charge in [-0.25, -0.2) is 4.39 Å². The summed E-state index contributed by atoms with van der Waals surface area (Å²) >= 11 is 3.52. The number of rotatable bonds is 3. The van der Waals surface area contributed by atoms with Gasteiger partial charge in [0.2, 0.25) is 0 Å². The molecule has 0 saturated carbocycles. The van der Waals surface area contributed by atoms with Crippen LogP contribution >= 0.6 is 15.9 Å². The summed E-state index contributed by atoms with van der Waals surface area (Å²) in [5.74, 6) is 0.342. The summed E-state index contributed by atoms with van der Waals surface area (Å²) in [4.78, 5) is 0. The highest BCUT2D eigenvalue weighted by atomic mass is 79.9. The lowest BCUT2D eigenvalue weighted by Gasteiger charge is -2.11. The van der Waals surface area contributed by atoms with Gasteiger partial charge in [-0.1, -0.05) is 36.4 Å². The van der Waals surface area contributed by atoms with Crippen molar-refractivity contribution in [2.45, 2.75) is 6.54 Å². The first-order valence-electron chi connectivity index (χ1n) is 6.52. The average molecular weight is 346 g/mol. The van der Waals surface area contributed by atoms with Crippen LogP contribution in [0.25, 0.3) is 10.8 Å². The van der Waals surface area contributed by atoms with Crippen molar-refractivity contribution in [3.8, 4) is 11.5 Å². The standard InChI is InChI=1S/C17H13BrFNO/c18-17-13-4-2-1-3-12(13)6-8-16(17)21-15-7-5-11(10-20)9-14(15)19/h1-9H,10,20H2. The molecule has 3 aromatic rings. The SMILES string of the molecule is NCc1ccc(Oc2ccc3ccccc3c2Br)c(F)c1. The van der Waals surface area contributed by atoms with E-state index < -0.39 is 5.82 Å². The van der Waals surface area contributed by atoms with Crippen LogP contribution in [0.5, 0.6) is 11.5 Å². The Balaban J connectivity index is 2.00. The summed E-state index contributed by atoms with van der Waals surface area (Å²) in [6.45, 7) is 0.302. The Labute approximate surface area is 130 Å². The molecule has 0 saturated heterocycles. The van der Waals surface area contributed by atoms with E-state index in [-0.39, 0.29) is 5.75 Å². The van der Waals surface area contributed by atoms with E-state index in [0.29, 0.717) is 12.3 Å². The van der Waals surface area contributed by atoms with Gasteiger partial charge in [-0.3, -0.25) is 0 Å². The third kappa shape index (κ3) is 2.77. The molecule has 3 aromatic carbocycles. The molecule has 0 heterocycles. The first-order chi connectivity index (χ1) is 10.2. The van der Waals surface area contributed by atoms with Crippen LogP contribution in [0.15, 0.2) is 59.1 Å². The quantitative estimate of drug-likeness (QED) is 0.725. The lowest BCUT2D eigenvalue weighted by molar-refractivity contribution is 0.440. The minimum absolute atomic E-state index is 0.184. The molecule has 0 atom stereocenters. The molecule has 0 aliphatic heterocycles. The third-order valence-corrected chi connectivity index (χ3v) is 4.10. The molecule has 4 heteroatoms. The molecule has 0 bridgehead atoms. The number of hydrogen-bond donors (Lipinski definition) is 1. The number of halogens is 2. The number of nitrogens with two attached hydrogens (primary N) is 1. The van der Waals surface area contributed by atoms with Crippen molar-refractivity contribution in [1.29, 1.82) is 0 Å². The molecule has 0 unspecified atom stereocenters. The fourth-order valence-corrected chi connectivity index (χ4v) is 2.74. The van der Waals surface area contributed by atoms with Gasteiger partial charge < -0.3 is 10.5 Å². The molecule has 2 N–H and O–H groups in total. The Hall–Kier alpha value is -1.91.